The molecule has 0 amide bonds. The van der Waals surface area contributed by atoms with Crippen LogP contribution in [0.2, 0.25) is 0 Å². The number of rotatable bonds is 14. The van der Waals surface area contributed by atoms with Crippen molar-refractivity contribution in [3.63, 3.8) is 0 Å². The molecule has 122 valence electrons. The van der Waals surface area contributed by atoms with Gasteiger partial charge in [-0.25, -0.2) is 0 Å². The van der Waals surface area contributed by atoms with Crippen LogP contribution in [0.15, 0.2) is 0 Å². The minimum absolute atomic E-state index is 0.561. The molecule has 0 fully saturated rings. The molecule has 1 heteroatoms. The maximum Gasteiger partial charge on any atom is 0.00106 e. The Balaban J connectivity index is 4.13. The van der Waals surface area contributed by atoms with E-state index in [0.717, 1.165) is 0 Å². The van der Waals surface area contributed by atoms with E-state index in [1.807, 2.05) is 0 Å². The van der Waals surface area contributed by atoms with E-state index in [9.17, 15) is 0 Å². The number of nitrogens with one attached hydrogen (secondary N) is 1. The van der Waals surface area contributed by atoms with E-state index in [1.165, 1.54) is 77.2 Å². The third-order valence-corrected chi connectivity index (χ3v) is 4.76. The lowest BCUT2D eigenvalue weighted by atomic mass is 9.75. The molecule has 0 aromatic heterocycles. The van der Waals surface area contributed by atoms with E-state index in [1.54, 1.807) is 0 Å². The smallest absolute Gasteiger partial charge is 0.00106 e. The summed E-state index contributed by atoms with van der Waals surface area (Å²) in [4.78, 5) is 0. The van der Waals surface area contributed by atoms with E-state index in [2.05, 4.69) is 39.9 Å². The van der Waals surface area contributed by atoms with Crippen molar-refractivity contribution in [2.24, 2.45) is 5.41 Å². The summed E-state index contributed by atoms with van der Waals surface area (Å²) in [5.41, 5.74) is 0.561. The predicted octanol–water partition coefficient (Wildman–Crippen LogP) is 6.32. The topological polar surface area (TPSA) is 12.0 Å². The van der Waals surface area contributed by atoms with Crippen molar-refractivity contribution in [2.45, 2.75) is 111 Å². The first kappa shape index (κ1) is 20.0. The van der Waals surface area contributed by atoms with E-state index in [4.69, 9.17) is 0 Å². The quantitative estimate of drug-likeness (QED) is 0.368. The van der Waals surface area contributed by atoms with Crippen molar-refractivity contribution >= 4 is 0 Å². The predicted molar refractivity (Wildman–Crippen MR) is 93.4 cm³/mol. The molecule has 0 aromatic carbocycles. The first-order valence-corrected chi connectivity index (χ1v) is 9.33. The van der Waals surface area contributed by atoms with Crippen LogP contribution in [0.1, 0.15) is 105 Å². The Morgan fingerprint density at radius 3 is 1.85 bits per heavy atom. The van der Waals surface area contributed by atoms with Gasteiger partial charge in [-0.05, 0) is 24.7 Å². The van der Waals surface area contributed by atoms with E-state index in [0.29, 0.717) is 11.5 Å². The van der Waals surface area contributed by atoms with Gasteiger partial charge >= 0.3 is 0 Å². The molecule has 0 aliphatic rings. The average Bonchev–Trinajstić information content (AvgIpc) is 2.45. The zero-order chi connectivity index (χ0) is 15.3. The third-order valence-electron chi connectivity index (χ3n) is 4.76. The summed E-state index contributed by atoms with van der Waals surface area (Å²) in [6.45, 7) is 12.8. The number of unbranched alkanes of at least 4 members (excludes halogenated alkanes) is 6. The van der Waals surface area contributed by atoms with Gasteiger partial charge in [-0.15, -0.1) is 0 Å². The Hall–Kier alpha value is -0.0400. The summed E-state index contributed by atoms with van der Waals surface area (Å²) in [6, 6.07) is 0.618. The molecule has 1 atom stereocenters. The van der Waals surface area contributed by atoms with Gasteiger partial charge in [0.1, 0.15) is 0 Å². The van der Waals surface area contributed by atoms with E-state index >= 15 is 0 Å². The van der Waals surface area contributed by atoms with Crippen LogP contribution in [0.3, 0.4) is 0 Å². The van der Waals surface area contributed by atoms with Crippen molar-refractivity contribution in [1.29, 1.82) is 0 Å². The summed E-state index contributed by atoms with van der Waals surface area (Å²) >= 11 is 0. The summed E-state index contributed by atoms with van der Waals surface area (Å²) in [6.07, 6.45) is 15.4. The molecule has 20 heavy (non-hydrogen) atoms. The lowest BCUT2D eigenvalue weighted by Gasteiger charge is -2.34. The van der Waals surface area contributed by atoms with E-state index < -0.39 is 0 Å². The fourth-order valence-electron chi connectivity index (χ4n) is 3.03. The number of hydrogen-bond donors (Lipinski definition) is 1. The Bertz CT molecular complexity index is 200. The summed E-state index contributed by atoms with van der Waals surface area (Å²) in [5.74, 6) is 0. The maximum atomic E-state index is 3.71. The first-order chi connectivity index (χ1) is 9.60. The second kappa shape index (κ2) is 12.7. The van der Waals surface area contributed by atoms with Gasteiger partial charge in [-0.2, -0.15) is 0 Å². The fourth-order valence-corrected chi connectivity index (χ4v) is 3.03. The first-order valence-electron chi connectivity index (χ1n) is 9.33. The zero-order valence-electron chi connectivity index (χ0n) is 15.1. The summed E-state index contributed by atoms with van der Waals surface area (Å²) in [5, 5.41) is 3.71. The fraction of sp³-hybridized carbons (Fsp3) is 1.00. The molecular weight excluding hydrogens is 242 g/mol. The maximum absolute atomic E-state index is 3.71. The lowest BCUT2D eigenvalue weighted by Crippen LogP contribution is -2.37. The van der Waals surface area contributed by atoms with Gasteiger partial charge < -0.3 is 5.32 Å². The van der Waals surface area contributed by atoms with Crippen molar-refractivity contribution in [1.82, 2.24) is 5.32 Å². The molecule has 1 nitrogen and oxygen atoms in total. The molecule has 0 aliphatic carbocycles. The Morgan fingerprint density at radius 1 is 0.750 bits per heavy atom. The van der Waals surface area contributed by atoms with Crippen LogP contribution in [0.5, 0.6) is 0 Å². The Kier molecular flexibility index (Phi) is 12.7. The molecule has 0 saturated heterocycles. The van der Waals surface area contributed by atoms with Gasteiger partial charge in [0.2, 0.25) is 0 Å². The van der Waals surface area contributed by atoms with Crippen LogP contribution in [-0.4, -0.2) is 12.6 Å². The molecule has 0 rings (SSSR count). The van der Waals surface area contributed by atoms with Gasteiger partial charge in [0.05, 0.1) is 0 Å². The van der Waals surface area contributed by atoms with Crippen LogP contribution < -0.4 is 5.32 Å². The van der Waals surface area contributed by atoms with Crippen molar-refractivity contribution in [3.05, 3.63) is 0 Å². The molecular formula is C19H41N. The minimum Gasteiger partial charge on any atom is -0.314 e. The van der Waals surface area contributed by atoms with Crippen LogP contribution in [0.4, 0.5) is 0 Å². The third kappa shape index (κ3) is 9.80. The van der Waals surface area contributed by atoms with Gasteiger partial charge in [0.15, 0.2) is 0 Å². The highest BCUT2D eigenvalue weighted by molar-refractivity contribution is 4.81. The van der Waals surface area contributed by atoms with Gasteiger partial charge in [0, 0.05) is 12.6 Å². The second-order valence-corrected chi connectivity index (χ2v) is 7.01. The van der Waals surface area contributed by atoms with Gasteiger partial charge in [-0.3, -0.25) is 0 Å². The highest BCUT2D eigenvalue weighted by atomic mass is 14.9. The van der Waals surface area contributed by atoms with Crippen molar-refractivity contribution in [3.8, 4) is 0 Å². The molecule has 0 heterocycles. The molecule has 0 bridgehead atoms. The SMILES string of the molecule is CCCCCCCCC(CC)(CCCC)CNC(C)C. The Morgan fingerprint density at radius 2 is 1.30 bits per heavy atom. The molecule has 0 spiro atoms. The van der Waals surface area contributed by atoms with Crippen LogP contribution >= 0.6 is 0 Å². The normalized spacial score (nSPS) is 14.7. The van der Waals surface area contributed by atoms with Crippen LogP contribution in [0, 0.1) is 5.41 Å². The molecule has 0 aliphatic heterocycles. The molecule has 0 saturated carbocycles. The summed E-state index contributed by atoms with van der Waals surface area (Å²) in [7, 11) is 0. The number of hydrogen-bond acceptors (Lipinski definition) is 1. The largest absolute Gasteiger partial charge is 0.314 e. The molecule has 1 unspecified atom stereocenters. The molecule has 0 radical (unpaired) electrons. The van der Waals surface area contributed by atoms with Crippen LogP contribution in [-0.2, 0) is 0 Å². The minimum atomic E-state index is 0.561. The van der Waals surface area contributed by atoms with Crippen LogP contribution in [0.25, 0.3) is 0 Å². The average molecular weight is 284 g/mol. The summed E-state index contributed by atoms with van der Waals surface area (Å²) < 4.78 is 0. The lowest BCUT2D eigenvalue weighted by molar-refractivity contribution is 0.199. The van der Waals surface area contributed by atoms with Gasteiger partial charge in [0.25, 0.3) is 0 Å². The molecule has 0 aromatic rings. The Labute approximate surface area is 129 Å². The van der Waals surface area contributed by atoms with Crippen molar-refractivity contribution < 1.29 is 0 Å². The molecule has 1 N–H and O–H groups in total. The zero-order valence-corrected chi connectivity index (χ0v) is 15.1. The second-order valence-electron chi connectivity index (χ2n) is 7.01. The standard InChI is InChI=1S/C19H41N/c1-6-9-11-12-13-14-16-19(8-3,15-10-7-2)17-20-18(4)5/h18,20H,6-17H2,1-5H3. The van der Waals surface area contributed by atoms with E-state index in [-0.39, 0.29) is 0 Å². The monoisotopic (exact) mass is 283 g/mol. The highest BCUT2D eigenvalue weighted by Crippen LogP contribution is 2.34. The highest BCUT2D eigenvalue weighted by Gasteiger charge is 2.26. The van der Waals surface area contributed by atoms with Gasteiger partial charge in [-0.1, -0.05) is 86.0 Å². The van der Waals surface area contributed by atoms with Crippen molar-refractivity contribution in [2.75, 3.05) is 6.54 Å².